The average Bonchev–Trinajstić information content (AvgIpc) is 2.69. The van der Waals surface area contributed by atoms with E-state index >= 15 is 0 Å². The summed E-state index contributed by atoms with van der Waals surface area (Å²) in [4.78, 5) is 2.57. The molecule has 1 aliphatic heterocycles. The van der Waals surface area contributed by atoms with E-state index in [0.717, 1.165) is 11.0 Å². The topological polar surface area (TPSA) is 15.3 Å². The van der Waals surface area contributed by atoms with Gasteiger partial charge < -0.3 is 10.2 Å². The normalized spacial score (nSPS) is 19.7. The quantitative estimate of drug-likeness (QED) is 0.877. The van der Waals surface area contributed by atoms with Crippen molar-refractivity contribution in [3.05, 3.63) is 28.2 Å². The van der Waals surface area contributed by atoms with Gasteiger partial charge >= 0.3 is 0 Å². The van der Waals surface area contributed by atoms with Crippen LogP contribution in [0.1, 0.15) is 52.1 Å². The molecule has 0 bridgehead atoms. The van der Waals surface area contributed by atoms with Crippen LogP contribution in [0, 0.1) is 0 Å². The van der Waals surface area contributed by atoms with E-state index < -0.39 is 0 Å². The predicted octanol–water partition coefficient (Wildman–Crippen LogP) is 4.50. The highest BCUT2D eigenvalue weighted by atomic mass is 79.9. The van der Waals surface area contributed by atoms with Crippen LogP contribution in [0.2, 0.25) is 0 Å². The third kappa shape index (κ3) is 3.14. The van der Waals surface area contributed by atoms with Crippen LogP contribution in [0.3, 0.4) is 0 Å². The van der Waals surface area contributed by atoms with E-state index in [0.29, 0.717) is 6.04 Å². The molecule has 1 unspecified atom stereocenters. The Labute approximate surface area is 125 Å². The van der Waals surface area contributed by atoms with Gasteiger partial charge in [0, 0.05) is 28.3 Å². The van der Waals surface area contributed by atoms with Gasteiger partial charge in [0.15, 0.2) is 0 Å². The van der Waals surface area contributed by atoms with Crippen molar-refractivity contribution in [3.8, 4) is 0 Å². The summed E-state index contributed by atoms with van der Waals surface area (Å²) in [6.07, 6.45) is 2.57. The van der Waals surface area contributed by atoms with Crippen LogP contribution in [0.4, 0.5) is 5.69 Å². The molecule has 1 atom stereocenters. The fourth-order valence-electron chi connectivity index (χ4n) is 3.09. The molecule has 1 heterocycles. The monoisotopic (exact) mass is 324 g/mol. The second-order valence-electron chi connectivity index (χ2n) is 6.05. The Bertz CT molecular complexity index is 442. The van der Waals surface area contributed by atoms with Crippen molar-refractivity contribution < 1.29 is 0 Å². The highest BCUT2D eigenvalue weighted by Gasteiger charge is 2.33. The molecule has 0 saturated carbocycles. The van der Waals surface area contributed by atoms with Crippen molar-refractivity contribution in [1.82, 2.24) is 5.32 Å². The number of hydrogen-bond donors (Lipinski definition) is 1. The molecular weight excluding hydrogens is 300 g/mol. The largest absolute Gasteiger partial charge is 0.366 e. The van der Waals surface area contributed by atoms with Gasteiger partial charge in [0.1, 0.15) is 0 Å². The van der Waals surface area contributed by atoms with E-state index in [1.807, 2.05) is 0 Å². The van der Waals surface area contributed by atoms with E-state index in [1.54, 1.807) is 0 Å². The number of halogens is 1. The molecule has 0 radical (unpaired) electrons. The fourth-order valence-corrected chi connectivity index (χ4v) is 3.47. The number of anilines is 1. The lowest BCUT2D eigenvalue weighted by molar-refractivity contribution is 0.512. The smallest absolute Gasteiger partial charge is 0.0419 e. The van der Waals surface area contributed by atoms with E-state index in [9.17, 15) is 0 Å². The molecule has 19 heavy (non-hydrogen) atoms. The average molecular weight is 325 g/mol. The van der Waals surface area contributed by atoms with Crippen molar-refractivity contribution in [2.24, 2.45) is 0 Å². The second kappa shape index (κ2) is 5.84. The standard InChI is InChI=1S/C16H25BrN2/c1-5-18-12(2)14-11-13(17)7-8-15(14)19-10-6-9-16(19,3)4/h7-8,11-12,18H,5-6,9-10H2,1-4H3. The number of nitrogens with one attached hydrogen (secondary N) is 1. The lowest BCUT2D eigenvalue weighted by Crippen LogP contribution is -2.39. The SMILES string of the molecule is CCNC(C)c1cc(Br)ccc1N1CCCC1(C)C. The summed E-state index contributed by atoms with van der Waals surface area (Å²) in [6.45, 7) is 11.3. The predicted molar refractivity (Wildman–Crippen MR) is 86.9 cm³/mol. The first kappa shape index (κ1) is 14.9. The van der Waals surface area contributed by atoms with Crippen molar-refractivity contribution >= 4 is 21.6 Å². The van der Waals surface area contributed by atoms with Crippen LogP contribution in [0.5, 0.6) is 0 Å². The summed E-state index contributed by atoms with van der Waals surface area (Å²) in [6, 6.07) is 7.07. The molecule has 2 rings (SSSR count). The number of benzene rings is 1. The van der Waals surface area contributed by atoms with E-state index in [-0.39, 0.29) is 5.54 Å². The van der Waals surface area contributed by atoms with Gasteiger partial charge in [-0.1, -0.05) is 22.9 Å². The Morgan fingerprint density at radius 1 is 1.42 bits per heavy atom. The Hall–Kier alpha value is -0.540. The minimum Gasteiger partial charge on any atom is -0.366 e. The first-order chi connectivity index (χ1) is 8.95. The summed E-state index contributed by atoms with van der Waals surface area (Å²) in [5, 5.41) is 3.53. The molecule has 0 spiro atoms. The van der Waals surface area contributed by atoms with Gasteiger partial charge in [-0.05, 0) is 63.9 Å². The maximum Gasteiger partial charge on any atom is 0.0419 e. The highest BCUT2D eigenvalue weighted by Crippen LogP contribution is 2.38. The van der Waals surface area contributed by atoms with Gasteiger partial charge in [-0.2, -0.15) is 0 Å². The Morgan fingerprint density at radius 3 is 2.74 bits per heavy atom. The van der Waals surface area contributed by atoms with Gasteiger partial charge in [0.2, 0.25) is 0 Å². The lowest BCUT2D eigenvalue weighted by Gasteiger charge is -2.36. The third-order valence-corrected chi connectivity index (χ3v) is 4.65. The zero-order valence-corrected chi connectivity index (χ0v) is 14.0. The fraction of sp³-hybridized carbons (Fsp3) is 0.625. The van der Waals surface area contributed by atoms with E-state index in [2.05, 4.69) is 72.0 Å². The van der Waals surface area contributed by atoms with Gasteiger partial charge in [0.05, 0.1) is 0 Å². The first-order valence-corrected chi connectivity index (χ1v) is 8.05. The minimum atomic E-state index is 0.272. The summed E-state index contributed by atoms with van der Waals surface area (Å²) < 4.78 is 1.16. The first-order valence-electron chi connectivity index (χ1n) is 7.26. The molecule has 1 N–H and O–H groups in total. The molecule has 3 heteroatoms. The molecule has 0 amide bonds. The maximum atomic E-state index is 3.61. The van der Waals surface area contributed by atoms with Crippen LogP contribution in [0.15, 0.2) is 22.7 Å². The zero-order chi connectivity index (χ0) is 14.0. The number of nitrogens with zero attached hydrogens (tertiary/aromatic N) is 1. The highest BCUT2D eigenvalue weighted by molar-refractivity contribution is 9.10. The summed E-state index contributed by atoms with van der Waals surface area (Å²) in [7, 11) is 0. The van der Waals surface area contributed by atoms with Gasteiger partial charge in [-0.25, -0.2) is 0 Å². The number of rotatable bonds is 4. The van der Waals surface area contributed by atoms with Crippen LogP contribution in [-0.2, 0) is 0 Å². The molecule has 0 aromatic heterocycles. The molecule has 106 valence electrons. The molecule has 1 aliphatic rings. The minimum absolute atomic E-state index is 0.272. The van der Waals surface area contributed by atoms with Crippen molar-refractivity contribution in [1.29, 1.82) is 0 Å². The second-order valence-corrected chi connectivity index (χ2v) is 6.97. The van der Waals surface area contributed by atoms with E-state index in [1.165, 1.54) is 30.6 Å². The Kier molecular flexibility index (Phi) is 4.57. The maximum absolute atomic E-state index is 3.61. The van der Waals surface area contributed by atoms with Crippen molar-refractivity contribution in [3.63, 3.8) is 0 Å². The van der Waals surface area contributed by atoms with Crippen molar-refractivity contribution in [2.75, 3.05) is 18.0 Å². The summed E-state index contributed by atoms with van der Waals surface area (Å²) >= 11 is 3.61. The summed E-state index contributed by atoms with van der Waals surface area (Å²) in [5.41, 5.74) is 3.06. The molecule has 2 nitrogen and oxygen atoms in total. The van der Waals surface area contributed by atoms with Crippen LogP contribution in [0.25, 0.3) is 0 Å². The van der Waals surface area contributed by atoms with Crippen LogP contribution in [-0.4, -0.2) is 18.6 Å². The summed E-state index contributed by atoms with van der Waals surface area (Å²) in [5.74, 6) is 0. The molecule has 1 aromatic rings. The lowest BCUT2D eigenvalue weighted by atomic mass is 9.99. The number of hydrogen-bond acceptors (Lipinski definition) is 2. The van der Waals surface area contributed by atoms with Crippen LogP contribution >= 0.6 is 15.9 Å². The Balaban J connectivity index is 2.39. The molecule has 1 saturated heterocycles. The van der Waals surface area contributed by atoms with Crippen LogP contribution < -0.4 is 10.2 Å². The molecule has 1 fully saturated rings. The Morgan fingerprint density at radius 2 is 2.16 bits per heavy atom. The van der Waals surface area contributed by atoms with Gasteiger partial charge in [0.25, 0.3) is 0 Å². The van der Waals surface area contributed by atoms with Crippen molar-refractivity contribution in [2.45, 2.75) is 52.1 Å². The third-order valence-electron chi connectivity index (χ3n) is 4.16. The molecule has 1 aromatic carbocycles. The molecular formula is C16H25BrN2. The molecule has 0 aliphatic carbocycles. The van der Waals surface area contributed by atoms with E-state index in [4.69, 9.17) is 0 Å². The van der Waals surface area contributed by atoms with Gasteiger partial charge in [-0.3, -0.25) is 0 Å². The zero-order valence-electron chi connectivity index (χ0n) is 12.5. The van der Waals surface area contributed by atoms with Gasteiger partial charge in [-0.15, -0.1) is 0 Å².